The lowest BCUT2D eigenvalue weighted by molar-refractivity contribution is 0.0136. The zero-order valence-electron chi connectivity index (χ0n) is 25.8. The summed E-state index contributed by atoms with van der Waals surface area (Å²) in [6.07, 6.45) is 6.17. The van der Waals surface area contributed by atoms with E-state index in [1.165, 1.54) is 10.6 Å². The number of ether oxygens (including phenoxy) is 2. The summed E-state index contributed by atoms with van der Waals surface area (Å²) in [6.45, 7) is 9.75. The van der Waals surface area contributed by atoms with Crippen LogP contribution in [-0.2, 0) is 18.3 Å². The molecule has 1 saturated heterocycles. The van der Waals surface area contributed by atoms with E-state index in [4.69, 9.17) is 9.47 Å². The first kappa shape index (κ1) is 31.3. The number of carbonyl (C=O) groups is 2. The third-order valence-corrected chi connectivity index (χ3v) is 7.07. The van der Waals surface area contributed by atoms with Crippen LogP contribution in [0.2, 0.25) is 0 Å². The number of aryl methyl sites for hydroxylation is 1. The van der Waals surface area contributed by atoms with Crippen molar-refractivity contribution in [2.75, 3.05) is 44.6 Å². The Morgan fingerprint density at radius 3 is 2.44 bits per heavy atom. The molecule has 1 fully saturated rings. The van der Waals surface area contributed by atoms with Crippen LogP contribution in [0, 0.1) is 0 Å². The van der Waals surface area contributed by atoms with E-state index in [1.807, 2.05) is 20.8 Å². The number of nitrogens with one attached hydrogen (secondary N) is 2. The van der Waals surface area contributed by atoms with Gasteiger partial charge in [0, 0.05) is 76.4 Å². The number of nitrogens with zero attached hydrogens (tertiary/aromatic N) is 7. The molecule has 0 saturated carbocycles. The number of hydrogen-bond donors (Lipinski definition) is 2. The molecule has 14 nitrogen and oxygen atoms in total. The molecule has 2 amide bonds. The average molecular weight is 616 g/mol. The molecule has 0 atom stereocenters. The van der Waals surface area contributed by atoms with Gasteiger partial charge in [-0.25, -0.2) is 14.8 Å². The van der Waals surface area contributed by atoms with Crippen LogP contribution in [0.1, 0.15) is 36.7 Å². The average Bonchev–Trinajstić information content (AvgIpc) is 3.02. The van der Waals surface area contributed by atoms with E-state index in [0.717, 1.165) is 18.7 Å². The third-order valence-electron chi connectivity index (χ3n) is 7.07. The summed E-state index contributed by atoms with van der Waals surface area (Å²) in [5.74, 6) is 0.267. The first-order valence-electron chi connectivity index (χ1n) is 14.7. The molecule has 0 unspecified atom stereocenters. The molecule has 5 heterocycles. The maximum absolute atomic E-state index is 13.0. The molecule has 0 radical (unpaired) electrons. The van der Waals surface area contributed by atoms with E-state index in [-0.39, 0.29) is 24.1 Å². The molecule has 236 valence electrons. The van der Waals surface area contributed by atoms with Crippen molar-refractivity contribution in [2.45, 2.75) is 32.9 Å². The molecule has 5 rings (SSSR count). The van der Waals surface area contributed by atoms with Gasteiger partial charge in [-0.1, -0.05) is 0 Å². The molecule has 4 aromatic heterocycles. The monoisotopic (exact) mass is 615 g/mol. The second kappa shape index (κ2) is 13.7. The third kappa shape index (κ3) is 8.29. The second-order valence-corrected chi connectivity index (χ2v) is 11.6. The molecule has 1 aliphatic heterocycles. The highest BCUT2D eigenvalue weighted by atomic mass is 16.6. The van der Waals surface area contributed by atoms with E-state index < -0.39 is 17.1 Å². The van der Waals surface area contributed by atoms with Gasteiger partial charge in [0.2, 0.25) is 11.8 Å². The summed E-state index contributed by atoms with van der Waals surface area (Å²) >= 11 is 0. The Morgan fingerprint density at radius 2 is 1.76 bits per heavy atom. The van der Waals surface area contributed by atoms with Crippen molar-refractivity contribution in [2.24, 2.45) is 7.05 Å². The smallest absolute Gasteiger partial charge is 0.410 e. The highest BCUT2D eigenvalue weighted by Gasteiger charge is 2.25. The molecule has 0 aromatic carbocycles. The minimum Gasteiger partial charge on any atom is -0.476 e. The number of pyridine rings is 3. The number of piperazine rings is 1. The second-order valence-electron chi connectivity index (χ2n) is 11.6. The van der Waals surface area contributed by atoms with Crippen molar-refractivity contribution < 1.29 is 19.1 Å². The van der Waals surface area contributed by atoms with Crippen LogP contribution < -0.4 is 20.9 Å². The van der Waals surface area contributed by atoms with Gasteiger partial charge in [-0.15, -0.1) is 0 Å². The normalized spacial score (nSPS) is 13.8. The highest BCUT2D eigenvalue weighted by Crippen LogP contribution is 2.18. The van der Waals surface area contributed by atoms with Crippen molar-refractivity contribution in [3.05, 3.63) is 76.6 Å². The van der Waals surface area contributed by atoms with Gasteiger partial charge in [-0.2, -0.15) is 4.98 Å². The topological polar surface area (TPSA) is 157 Å². The summed E-state index contributed by atoms with van der Waals surface area (Å²) in [4.78, 5) is 59.1. The summed E-state index contributed by atoms with van der Waals surface area (Å²) in [5.41, 5.74) is 0.921. The number of amides is 2. The van der Waals surface area contributed by atoms with Crippen LogP contribution in [0.5, 0.6) is 5.88 Å². The van der Waals surface area contributed by atoms with E-state index >= 15 is 0 Å². The van der Waals surface area contributed by atoms with Gasteiger partial charge < -0.3 is 25.0 Å². The molecule has 0 spiro atoms. The van der Waals surface area contributed by atoms with Crippen molar-refractivity contribution in [1.29, 1.82) is 0 Å². The van der Waals surface area contributed by atoms with Crippen molar-refractivity contribution in [3.63, 3.8) is 0 Å². The molecule has 4 aromatic rings. The predicted octanol–water partition coefficient (Wildman–Crippen LogP) is 2.72. The lowest BCUT2D eigenvalue weighted by atomic mass is 10.2. The van der Waals surface area contributed by atoms with E-state index in [1.54, 1.807) is 61.0 Å². The fourth-order valence-electron chi connectivity index (χ4n) is 4.68. The van der Waals surface area contributed by atoms with Crippen LogP contribution in [0.3, 0.4) is 0 Å². The SMILES string of the molecule is Cn1c(=O)c(C(=O)NCc2ccncc2)cc2cnc(Nc3ccc(OCCN4CCN(C(=O)OC(C)(C)C)CC4)nc3)nc21. The molecular weight excluding hydrogens is 578 g/mol. The number of carbonyl (C=O) groups excluding carboxylic acids is 2. The van der Waals surface area contributed by atoms with Gasteiger partial charge in [0.25, 0.3) is 11.5 Å². The van der Waals surface area contributed by atoms with Crippen LogP contribution in [0.25, 0.3) is 11.0 Å². The minimum atomic E-state index is -0.505. The van der Waals surface area contributed by atoms with Gasteiger partial charge in [-0.3, -0.25) is 24.0 Å². The van der Waals surface area contributed by atoms with E-state index in [2.05, 4.69) is 35.5 Å². The molecular formula is C31H37N9O5. The van der Waals surface area contributed by atoms with Gasteiger partial charge in [0.05, 0.1) is 11.9 Å². The van der Waals surface area contributed by atoms with E-state index in [9.17, 15) is 14.4 Å². The highest BCUT2D eigenvalue weighted by molar-refractivity contribution is 5.96. The lowest BCUT2D eigenvalue weighted by Crippen LogP contribution is -2.50. The summed E-state index contributed by atoms with van der Waals surface area (Å²) < 4.78 is 12.6. The zero-order valence-corrected chi connectivity index (χ0v) is 25.8. The Hall–Kier alpha value is -5.11. The van der Waals surface area contributed by atoms with Crippen LogP contribution in [-0.4, -0.2) is 91.2 Å². The first-order chi connectivity index (χ1) is 21.6. The summed E-state index contributed by atoms with van der Waals surface area (Å²) in [5, 5.41) is 6.40. The fourth-order valence-corrected chi connectivity index (χ4v) is 4.68. The number of aromatic nitrogens is 5. The number of rotatable bonds is 9. The Kier molecular flexibility index (Phi) is 9.52. The van der Waals surface area contributed by atoms with Gasteiger partial charge in [0.15, 0.2) is 0 Å². The Morgan fingerprint density at radius 1 is 1.00 bits per heavy atom. The molecule has 0 aliphatic carbocycles. The lowest BCUT2D eigenvalue weighted by Gasteiger charge is -2.35. The minimum absolute atomic E-state index is 0.00575. The number of anilines is 2. The van der Waals surface area contributed by atoms with Crippen LogP contribution in [0.15, 0.2) is 59.9 Å². The van der Waals surface area contributed by atoms with Gasteiger partial charge in [0.1, 0.15) is 23.4 Å². The number of hydrogen-bond acceptors (Lipinski definition) is 11. The van der Waals surface area contributed by atoms with Gasteiger partial charge in [-0.05, 0) is 50.6 Å². The standard InChI is InChI=1S/C31H37N9O5/c1-31(2,3)45-30(43)40-13-11-39(12-14-40)15-16-44-25-6-5-23(20-33-25)36-29-35-19-22-17-24(28(42)38(4)26(22)37-29)27(41)34-18-21-7-9-32-10-8-21/h5-10,17,19-20H,11-16,18H2,1-4H3,(H,34,41)(H,35,36,37). The fraction of sp³-hybridized carbons (Fsp3) is 0.387. The maximum atomic E-state index is 13.0. The summed E-state index contributed by atoms with van der Waals surface area (Å²) in [7, 11) is 1.57. The molecule has 2 N–H and O–H groups in total. The van der Waals surface area contributed by atoms with Crippen molar-refractivity contribution >= 4 is 34.7 Å². The predicted molar refractivity (Wildman–Crippen MR) is 167 cm³/mol. The van der Waals surface area contributed by atoms with Crippen LogP contribution >= 0.6 is 0 Å². The van der Waals surface area contributed by atoms with Crippen LogP contribution in [0.4, 0.5) is 16.4 Å². The van der Waals surface area contributed by atoms with Crippen molar-refractivity contribution in [3.8, 4) is 5.88 Å². The van der Waals surface area contributed by atoms with E-state index in [0.29, 0.717) is 48.8 Å². The Bertz CT molecular complexity index is 1700. The zero-order chi connectivity index (χ0) is 32.0. The Balaban J connectivity index is 1.12. The number of fused-ring (bicyclic) bond motifs is 1. The summed E-state index contributed by atoms with van der Waals surface area (Å²) in [6, 6.07) is 8.62. The van der Waals surface area contributed by atoms with Gasteiger partial charge >= 0.3 is 6.09 Å². The van der Waals surface area contributed by atoms with Crippen molar-refractivity contribution in [1.82, 2.24) is 39.6 Å². The molecule has 45 heavy (non-hydrogen) atoms. The molecule has 1 aliphatic rings. The maximum Gasteiger partial charge on any atom is 0.410 e. The first-order valence-corrected chi connectivity index (χ1v) is 14.7. The molecule has 14 heteroatoms. The largest absolute Gasteiger partial charge is 0.476 e. The molecule has 0 bridgehead atoms. The quantitative estimate of drug-likeness (QED) is 0.285. The Labute approximate surface area is 260 Å².